The highest BCUT2D eigenvalue weighted by molar-refractivity contribution is 5.94. The van der Waals surface area contributed by atoms with Crippen molar-refractivity contribution in [1.82, 2.24) is 4.57 Å². The van der Waals surface area contributed by atoms with Gasteiger partial charge < -0.3 is 10.3 Å². The molecule has 0 aliphatic rings. The largest absolute Gasteiger partial charge is 0.384 e. The van der Waals surface area contributed by atoms with Crippen LogP contribution in [0.15, 0.2) is 48.7 Å². The Balaban J connectivity index is 2.24. The van der Waals surface area contributed by atoms with Gasteiger partial charge in [0.1, 0.15) is 5.84 Å². The van der Waals surface area contributed by atoms with Crippen molar-refractivity contribution in [3.8, 4) is 0 Å². The Morgan fingerprint density at radius 3 is 2.61 bits per heavy atom. The predicted molar refractivity (Wildman–Crippen MR) is 98.8 cm³/mol. The van der Waals surface area contributed by atoms with Crippen molar-refractivity contribution in [3.63, 3.8) is 0 Å². The lowest BCUT2D eigenvalue weighted by atomic mass is 10.1. The van der Waals surface area contributed by atoms with Crippen LogP contribution >= 0.6 is 0 Å². The molecule has 3 heteroatoms. The van der Waals surface area contributed by atoms with Gasteiger partial charge in [-0.25, -0.2) is 0 Å². The van der Waals surface area contributed by atoms with Gasteiger partial charge in [0.05, 0.1) is 0 Å². The van der Waals surface area contributed by atoms with Crippen LogP contribution in [0, 0.1) is 11.3 Å². The van der Waals surface area contributed by atoms with Gasteiger partial charge in [0.25, 0.3) is 0 Å². The quantitative estimate of drug-likeness (QED) is 0.625. The van der Waals surface area contributed by atoms with Crippen molar-refractivity contribution in [2.45, 2.75) is 26.8 Å². The molecule has 1 heterocycles. The number of nitrogens with zero attached hydrogens (tertiary/aromatic N) is 1. The standard InChI is InChI=1S/C20H25N3/c1-4-15(2)6-5-7-19-16(3)12-13-23(19)14-17-8-10-18(11-9-17)20(21)22/h5-13,15H,3-4,14H2,1-2H3,(H3,21,22)/b6-5-,19-7+. The Labute approximate surface area is 138 Å². The predicted octanol–water partition coefficient (Wildman–Crippen LogP) is 2.61. The lowest BCUT2D eigenvalue weighted by Crippen LogP contribution is -2.28. The molecule has 1 atom stereocenters. The van der Waals surface area contributed by atoms with Crippen molar-refractivity contribution >= 4 is 18.5 Å². The summed E-state index contributed by atoms with van der Waals surface area (Å²) in [6, 6.07) is 9.83. The third kappa shape index (κ3) is 4.46. The summed E-state index contributed by atoms with van der Waals surface area (Å²) in [5.41, 5.74) is 7.42. The number of hydrogen-bond acceptors (Lipinski definition) is 1. The molecule has 1 unspecified atom stereocenters. The van der Waals surface area contributed by atoms with Gasteiger partial charge in [-0.2, -0.15) is 0 Å². The fraction of sp³-hybridized carbons (Fsp3) is 0.250. The van der Waals surface area contributed by atoms with E-state index >= 15 is 0 Å². The van der Waals surface area contributed by atoms with E-state index in [1.54, 1.807) is 0 Å². The number of nitrogen functional groups attached to an aromatic ring is 1. The maximum Gasteiger partial charge on any atom is 0.122 e. The van der Waals surface area contributed by atoms with Gasteiger partial charge in [0.2, 0.25) is 0 Å². The molecule has 0 fully saturated rings. The van der Waals surface area contributed by atoms with Gasteiger partial charge in [-0.05, 0) is 28.8 Å². The molecule has 1 aromatic carbocycles. The first-order valence-corrected chi connectivity index (χ1v) is 7.97. The minimum Gasteiger partial charge on any atom is -0.384 e. The van der Waals surface area contributed by atoms with E-state index in [1.807, 2.05) is 30.3 Å². The molecule has 3 nitrogen and oxygen atoms in total. The van der Waals surface area contributed by atoms with Crippen LogP contribution in [0.4, 0.5) is 0 Å². The van der Waals surface area contributed by atoms with E-state index in [1.165, 1.54) is 5.56 Å². The third-order valence-electron chi connectivity index (χ3n) is 4.05. The molecule has 0 saturated heterocycles. The molecule has 0 spiro atoms. The lowest BCUT2D eigenvalue weighted by molar-refractivity contribution is 0.698. The zero-order valence-corrected chi connectivity index (χ0v) is 13.9. The van der Waals surface area contributed by atoms with Gasteiger partial charge in [-0.15, -0.1) is 0 Å². The van der Waals surface area contributed by atoms with E-state index in [9.17, 15) is 0 Å². The number of amidine groups is 1. The molecular formula is C20H25N3. The zero-order valence-electron chi connectivity index (χ0n) is 13.9. The lowest BCUT2D eigenvalue weighted by Gasteiger charge is -2.06. The Kier molecular flexibility index (Phi) is 5.58. The molecule has 0 bridgehead atoms. The minimum absolute atomic E-state index is 0.0989. The molecule has 1 aromatic heterocycles. The summed E-state index contributed by atoms with van der Waals surface area (Å²) in [5.74, 6) is 0.684. The Bertz CT molecular complexity index is 794. The first-order valence-electron chi connectivity index (χ1n) is 7.97. The van der Waals surface area contributed by atoms with E-state index in [4.69, 9.17) is 11.1 Å². The number of benzene rings is 1. The second-order valence-corrected chi connectivity index (χ2v) is 5.90. The van der Waals surface area contributed by atoms with Crippen molar-refractivity contribution in [2.24, 2.45) is 11.7 Å². The average molecular weight is 307 g/mol. The van der Waals surface area contributed by atoms with Crippen LogP contribution in [0.1, 0.15) is 31.4 Å². The van der Waals surface area contributed by atoms with Crippen molar-refractivity contribution in [2.75, 3.05) is 0 Å². The summed E-state index contributed by atoms with van der Waals surface area (Å²) in [5, 5.41) is 9.59. The molecule has 120 valence electrons. The van der Waals surface area contributed by atoms with Crippen molar-refractivity contribution in [3.05, 3.63) is 70.4 Å². The minimum atomic E-state index is 0.0989. The van der Waals surface area contributed by atoms with Gasteiger partial charge in [0, 0.05) is 23.7 Å². The molecule has 0 aliphatic heterocycles. The van der Waals surface area contributed by atoms with Gasteiger partial charge in [0.15, 0.2) is 0 Å². The van der Waals surface area contributed by atoms with Crippen LogP contribution in [-0.4, -0.2) is 10.4 Å². The number of nitrogens with two attached hydrogens (primary N) is 1. The maximum absolute atomic E-state index is 7.44. The average Bonchev–Trinajstić information content (AvgIpc) is 2.88. The molecule has 0 amide bonds. The second-order valence-electron chi connectivity index (χ2n) is 5.90. The highest BCUT2D eigenvalue weighted by Crippen LogP contribution is 2.05. The molecule has 23 heavy (non-hydrogen) atoms. The van der Waals surface area contributed by atoms with E-state index in [0.717, 1.165) is 29.1 Å². The van der Waals surface area contributed by atoms with Crippen LogP contribution in [-0.2, 0) is 6.54 Å². The van der Waals surface area contributed by atoms with E-state index in [-0.39, 0.29) is 5.84 Å². The smallest absolute Gasteiger partial charge is 0.122 e. The number of rotatable bonds is 6. The van der Waals surface area contributed by atoms with Gasteiger partial charge in [-0.3, -0.25) is 5.41 Å². The molecule has 2 aromatic rings. The number of nitrogens with one attached hydrogen (secondary N) is 1. The highest BCUT2D eigenvalue weighted by Gasteiger charge is 2.00. The molecule has 3 N–H and O–H groups in total. The van der Waals surface area contributed by atoms with Gasteiger partial charge >= 0.3 is 0 Å². The van der Waals surface area contributed by atoms with E-state index in [0.29, 0.717) is 5.92 Å². The normalized spacial score (nSPS) is 13.6. The Hall–Kier alpha value is -2.55. The molecule has 0 saturated carbocycles. The molecular weight excluding hydrogens is 282 g/mol. The zero-order chi connectivity index (χ0) is 16.8. The van der Waals surface area contributed by atoms with Crippen LogP contribution in [0.5, 0.6) is 0 Å². The number of hydrogen-bond donors (Lipinski definition) is 2. The van der Waals surface area contributed by atoms with Crippen molar-refractivity contribution < 1.29 is 0 Å². The van der Waals surface area contributed by atoms with Crippen LogP contribution in [0.2, 0.25) is 0 Å². The highest BCUT2D eigenvalue weighted by atomic mass is 14.9. The Morgan fingerprint density at radius 2 is 2.00 bits per heavy atom. The topological polar surface area (TPSA) is 54.8 Å². The van der Waals surface area contributed by atoms with Crippen LogP contribution in [0.25, 0.3) is 12.7 Å². The molecule has 2 rings (SSSR count). The summed E-state index contributed by atoms with van der Waals surface area (Å²) in [6.45, 7) is 9.28. The molecule has 0 radical (unpaired) electrons. The SMILES string of the molecule is C=c1ccn(Cc2ccc(C(=N)N)cc2)/c1=C/C=C\C(C)CC. The Morgan fingerprint density at radius 1 is 1.30 bits per heavy atom. The monoisotopic (exact) mass is 307 g/mol. The third-order valence-corrected chi connectivity index (χ3v) is 4.05. The van der Waals surface area contributed by atoms with Crippen molar-refractivity contribution in [1.29, 1.82) is 5.41 Å². The van der Waals surface area contributed by atoms with Crippen LogP contribution < -0.4 is 16.3 Å². The van der Waals surface area contributed by atoms with Gasteiger partial charge in [-0.1, -0.05) is 63.3 Å². The first-order chi connectivity index (χ1) is 11.0. The number of aromatic nitrogens is 1. The summed E-state index contributed by atoms with van der Waals surface area (Å²) in [4.78, 5) is 0. The van der Waals surface area contributed by atoms with E-state index in [2.05, 4.69) is 49.4 Å². The van der Waals surface area contributed by atoms with E-state index < -0.39 is 0 Å². The summed E-state index contributed by atoms with van der Waals surface area (Å²) >= 11 is 0. The first kappa shape index (κ1) is 16.8. The summed E-state index contributed by atoms with van der Waals surface area (Å²) in [7, 11) is 0. The second kappa shape index (κ2) is 7.63. The summed E-state index contributed by atoms with van der Waals surface area (Å²) < 4.78 is 2.19. The molecule has 0 aliphatic carbocycles. The fourth-order valence-corrected chi connectivity index (χ4v) is 2.33. The maximum atomic E-state index is 7.44. The number of allylic oxidation sites excluding steroid dienone is 2. The fourth-order valence-electron chi connectivity index (χ4n) is 2.33. The van der Waals surface area contributed by atoms with Crippen LogP contribution in [0.3, 0.4) is 0 Å². The summed E-state index contributed by atoms with van der Waals surface area (Å²) in [6.07, 6.45) is 9.67.